The summed E-state index contributed by atoms with van der Waals surface area (Å²) in [6.45, 7) is 8.46. The quantitative estimate of drug-likeness (QED) is 0.879. The normalized spacial score (nSPS) is 11.1. The van der Waals surface area contributed by atoms with Gasteiger partial charge >= 0.3 is 0 Å². The lowest BCUT2D eigenvalue weighted by Crippen LogP contribution is -2.06. The van der Waals surface area contributed by atoms with Crippen LogP contribution >= 0.6 is 0 Å². The molecule has 4 heteroatoms. The van der Waals surface area contributed by atoms with E-state index < -0.39 is 0 Å². The molecule has 0 spiro atoms. The maximum atomic E-state index is 5.86. The predicted octanol–water partition coefficient (Wildman–Crippen LogP) is 4.05. The van der Waals surface area contributed by atoms with Crippen molar-refractivity contribution in [3.8, 4) is 0 Å². The van der Waals surface area contributed by atoms with Crippen molar-refractivity contribution < 1.29 is 0 Å². The van der Waals surface area contributed by atoms with Crippen LogP contribution in [-0.4, -0.2) is 9.97 Å². The van der Waals surface area contributed by atoms with Crippen molar-refractivity contribution in [3.63, 3.8) is 0 Å². The third kappa shape index (κ3) is 3.26. The van der Waals surface area contributed by atoms with Crippen molar-refractivity contribution >= 4 is 17.3 Å². The number of nitrogens with one attached hydrogen (secondary N) is 1. The second-order valence-electron chi connectivity index (χ2n) is 5.56. The Balaban J connectivity index is 2.35. The first kappa shape index (κ1) is 14.3. The molecule has 0 amide bonds. The minimum absolute atomic E-state index is 0.249. The van der Waals surface area contributed by atoms with E-state index in [0.717, 1.165) is 17.3 Å². The highest BCUT2D eigenvalue weighted by atomic mass is 15.1. The minimum atomic E-state index is 0.249. The highest BCUT2D eigenvalue weighted by Gasteiger charge is 2.09. The molecule has 0 unspecified atom stereocenters. The number of hydrogen-bond acceptors (Lipinski definition) is 4. The number of rotatable bonds is 4. The van der Waals surface area contributed by atoms with Gasteiger partial charge in [0.2, 0.25) is 0 Å². The Morgan fingerprint density at radius 1 is 1.00 bits per heavy atom. The lowest BCUT2D eigenvalue weighted by Gasteiger charge is -2.15. The van der Waals surface area contributed by atoms with E-state index in [-0.39, 0.29) is 5.92 Å². The predicted molar refractivity (Wildman–Crippen MR) is 84.3 cm³/mol. The summed E-state index contributed by atoms with van der Waals surface area (Å²) in [6.07, 6.45) is 0. The van der Waals surface area contributed by atoms with Gasteiger partial charge in [-0.3, -0.25) is 0 Å². The Morgan fingerprint density at radius 3 is 2.35 bits per heavy atom. The molecular weight excluding hydrogens is 248 g/mol. The Bertz CT molecular complexity index is 591. The van der Waals surface area contributed by atoms with Gasteiger partial charge in [-0.2, -0.15) is 0 Å². The monoisotopic (exact) mass is 270 g/mol. The molecule has 0 radical (unpaired) electrons. The number of hydrogen-bond donors (Lipinski definition) is 2. The van der Waals surface area contributed by atoms with Crippen LogP contribution in [0.2, 0.25) is 0 Å². The molecular formula is C16H22N4. The van der Waals surface area contributed by atoms with E-state index in [1.165, 1.54) is 5.56 Å². The summed E-state index contributed by atoms with van der Waals surface area (Å²) in [5.74, 6) is 2.69. The van der Waals surface area contributed by atoms with Crippen molar-refractivity contribution in [2.45, 2.75) is 39.5 Å². The fourth-order valence-electron chi connectivity index (χ4n) is 2.06. The smallest absolute Gasteiger partial charge is 0.136 e. The van der Waals surface area contributed by atoms with Gasteiger partial charge in [0.15, 0.2) is 0 Å². The largest absolute Gasteiger partial charge is 0.384 e. The maximum Gasteiger partial charge on any atom is 0.136 e. The molecule has 2 rings (SSSR count). The molecule has 106 valence electrons. The van der Waals surface area contributed by atoms with E-state index in [1.54, 1.807) is 6.07 Å². The molecule has 0 aliphatic carbocycles. The van der Waals surface area contributed by atoms with Crippen LogP contribution in [0, 0.1) is 0 Å². The van der Waals surface area contributed by atoms with Crippen LogP contribution in [0.15, 0.2) is 30.3 Å². The van der Waals surface area contributed by atoms with Crippen LogP contribution in [0.3, 0.4) is 0 Å². The molecule has 0 bridgehead atoms. The van der Waals surface area contributed by atoms with Gasteiger partial charge in [0.25, 0.3) is 0 Å². The molecule has 2 aromatic rings. The van der Waals surface area contributed by atoms with E-state index in [9.17, 15) is 0 Å². The highest BCUT2D eigenvalue weighted by Crippen LogP contribution is 2.27. The first-order valence-corrected chi connectivity index (χ1v) is 6.97. The van der Waals surface area contributed by atoms with Gasteiger partial charge in [-0.1, -0.05) is 45.9 Å². The Kier molecular flexibility index (Phi) is 4.23. The van der Waals surface area contributed by atoms with Gasteiger partial charge in [-0.05, 0) is 17.5 Å². The third-order valence-electron chi connectivity index (χ3n) is 3.13. The topological polar surface area (TPSA) is 63.8 Å². The van der Waals surface area contributed by atoms with Gasteiger partial charge in [-0.25, -0.2) is 9.97 Å². The first-order chi connectivity index (χ1) is 9.47. The fourth-order valence-corrected chi connectivity index (χ4v) is 2.06. The Labute approximate surface area is 120 Å². The van der Waals surface area contributed by atoms with Crippen LogP contribution in [0.5, 0.6) is 0 Å². The molecule has 1 aromatic heterocycles. The maximum absolute atomic E-state index is 5.86. The molecule has 0 atom stereocenters. The van der Waals surface area contributed by atoms with Gasteiger partial charge in [-0.15, -0.1) is 0 Å². The number of nitrogen functional groups attached to an aromatic ring is 1. The standard InChI is InChI=1S/C16H22N4/c1-10(2)12-7-5-6-8-13(12)18-15-9-14(17)19-16(20-15)11(3)4/h5-11H,1-4H3,(H3,17,18,19,20). The van der Waals surface area contributed by atoms with Crippen molar-refractivity contribution in [1.29, 1.82) is 0 Å². The molecule has 0 fully saturated rings. The number of anilines is 3. The Hall–Kier alpha value is -2.10. The lowest BCUT2D eigenvalue weighted by atomic mass is 10.0. The Morgan fingerprint density at radius 2 is 1.70 bits per heavy atom. The SMILES string of the molecule is CC(C)c1nc(N)cc(Nc2ccccc2C(C)C)n1. The van der Waals surface area contributed by atoms with E-state index in [0.29, 0.717) is 11.7 Å². The van der Waals surface area contributed by atoms with Gasteiger partial charge in [0.05, 0.1) is 0 Å². The summed E-state index contributed by atoms with van der Waals surface area (Å²) in [6, 6.07) is 10.0. The summed E-state index contributed by atoms with van der Waals surface area (Å²) in [5, 5.41) is 3.36. The number of para-hydroxylation sites is 1. The molecule has 1 heterocycles. The average Bonchev–Trinajstić information content (AvgIpc) is 2.38. The summed E-state index contributed by atoms with van der Waals surface area (Å²) in [7, 11) is 0. The van der Waals surface area contributed by atoms with Gasteiger partial charge < -0.3 is 11.1 Å². The van der Waals surface area contributed by atoms with Gasteiger partial charge in [0.1, 0.15) is 17.5 Å². The molecule has 0 saturated heterocycles. The first-order valence-electron chi connectivity index (χ1n) is 6.97. The van der Waals surface area contributed by atoms with E-state index in [1.807, 2.05) is 12.1 Å². The second kappa shape index (κ2) is 5.90. The number of benzene rings is 1. The van der Waals surface area contributed by atoms with Gasteiger partial charge in [0, 0.05) is 17.7 Å². The summed E-state index contributed by atoms with van der Waals surface area (Å²) < 4.78 is 0. The summed E-state index contributed by atoms with van der Waals surface area (Å²) >= 11 is 0. The fraction of sp³-hybridized carbons (Fsp3) is 0.375. The zero-order valence-electron chi connectivity index (χ0n) is 12.5. The minimum Gasteiger partial charge on any atom is -0.384 e. The van der Waals surface area contributed by atoms with Crippen LogP contribution in [-0.2, 0) is 0 Å². The van der Waals surface area contributed by atoms with E-state index in [2.05, 4.69) is 55.1 Å². The third-order valence-corrected chi connectivity index (χ3v) is 3.13. The molecule has 4 nitrogen and oxygen atoms in total. The number of nitrogens with zero attached hydrogens (tertiary/aromatic N) is 2. The molecule has 3 N–H and O–H groups in total. The summed E-state index contributed by atoms with van der Waals surface area (Å²) in [4.78, 5) is 8.79. The molecule has 0 saturated carbocycles. The van der Waals surface area contributed by atoms with E-state index in [4.69, 9.17) is 5.73 Å². The van der Waals surface area contributed by atoms with Crippen molar-refractivity contribution in [2.24, 2.45) is 0 Å². The zero-order chi connectivity index (χ0) is 14.7. The molecule has 1 aromatic carbocycles. The van der Waals surface area contributed by atoms with Crippen LogP contribution in [0.25, 0.3) is 0 Å². The average molecular weight is 270 g/mol. The molecule has 0 aliphatic heterocycles. The van der Waals surface area contributed by atoms with Crippen molar-refractivity contribution in [2.75, 3.05) is 11.1 Å². The van der Waals surface area contributed by atoms with Crippen molar-refractivity contribution in [1.82, 2.24) is 9.97 Å². The second-order valence-corrected chi connectivity index (χ2v) is 5.56. The lowest BCUT2D eigenvalue weighted by molar-refractivity contribution is 0.778. The van der Waals surface area contributed by atoms with Crippen molar-refractivity contribution in [3.05, 3.63) is 41.7 Å². The number of aromatic nitrogens is 2. The van der Waals surface area contributed by atoms with Crippen LogP contribution in [0.1, 0.15) is 50.9 Å². The van der Waals surface area contributed by atoms with Crippen LogP contribution in [0.4, 0.5) is 17.3 Å². The zero-order valence-corrected chi connectivity index (χ0v) is 12.5. The number of nitrogens with two attached hydrogens (primary N) is 1. The summed E-state index contributed by atoms with van der Waals surface area (Å²) in [5.41, 5.74) is 8.18. The van der Waals surface area contributed by atoms with E-state index >= 15 is 0 Å². The van der Waals surface area contributed by atoms with Crippen LogP contribution < -0.4 is 11.1 Å². The highest BCUT2D eigenvalue weighted by molar-refractivity contribution is 5.62. The molecule has 0 aliphatic rings. The molecule has 20 heavy (non-hydrogen) atoms.